The van der Waals surface area contributed by atoms with Gasteiger partial charge in [-0.25, -0.2) is 5.01 Å². The molecule has 28 heavy (non-hydrogen) atoms. The van der Waals surface area contributed by atoms with Gasteiger partial charge in [-0.05, 0) is 54.2 Å². The van der Waals surface area contributed by atoms with Crippen molar-refractivity contribution < 1.29 is 10.2 Å². The number of phenolic OH excluding ortho intramolecular Hbond substituents is 2. The van der Waals surface area contributed by atoms with E-state index in [1.54, 1.807) is 29.3 Å². The lowest BCUT2D eigenvalue weighted by Gasteiger charge is -2.25. The summed E-state index contributed by atoms with van der Waals surface area (Å²) >= 11 is 5.63. The normalized spacial score (nSPS) is 15.9. The zero-order chi connectivity index (χ0) is 19.5. The number of thiocarbonyl (C=S) groups is 1. The largest absolute Gasteiger partial charge is 0.508 e. The molecule has 1 atom stereocenters. The topological polar surface area (TPSA) is 68.1 Å². The fraction of sp³-hybridized carbons (Fsp3) is 0.0909. The van der Waals surface area contributed by atoms with Crippen LogP contribution in [0.1, 0.15) is 23.6 Å². The van der Waals surface area contributed by atoms with E-state index in [9.17, 15) is 10.2 Å². The fourth-order valence-electron chi connectivity index (χ4n) is 3.24. The molecule has 4 rings (SSSR count). The molecule has 0 spiro atoms. The first-order valence-corrected chi connectivity index (χ1v) is 9.32. The number of para-hydroxylation sites is 2. The van der Waals surface area contributed by atoms with Gasteiger partial charge in [0.05, 0.1) is 11.8 Å². The van der Waals surface area contributed by atoms with Gasteiger partial charge >= 0.3 is 0 Å². The molecule has 0 unspecified atom stereocenters. The second-order valence-electron chi connectivity index (χ2n) is 6.52. The van der Waals surface area contributed by atoms with Crippen LogP contribution in [-0.4, -0.2) is 26.0 Å². The molecule has 0 amide bonds. The number of hydrogen-bond donors (Lipinski definition) is 3. The minimum atomic E-state index is -0.140. The molecule has 3 aromatic rings. The standard InChI is InChI=1S/C22H19N3O2S/c26-17-12-10-15(11-13-17)20-14-19(18-8-4-5-9-21(18)27)24-25(20)22(28)23-16-6-2-1-3-7-16/h1-13,20,26-27H,14H2,(H,23,28)/t20-/m0/s1. The van der Waals surface area contributed by atoms with E-state index in [0.29, 0.717) is 17.1 Å². The average molecular weight is 389 g/mol. The van der Waals surface area contributed by atoms with Crippen LogP contribution in [0.3, 0.4) is 0 Å². The van der Waals surface area contributed by atoms with Crippen LogP contribution in [0.25, 0.3) is 0 Å². The van der Waals surface area contributed by atoms with Gasteiger partial charge in [0, 0.05) is 17.7 Å². The molecule has 6 heteroatoms. The third-order valence-corrected chi connectivity index (χ3v) is 4.93. The summed E-state index contributed by atoms with van der Waals surface area (Å²) in [5, 5.41) is 30.0. The van der Waals surface area contributed by atoms with Crippen LogP contribution in [0.5, 0.6) is 11.5 Å². The molecule has 0 aromatic heterocycles. The van der Waals surface area contributed by atoms with E-state index in [2.05, 4.69) is 5.32 Å². The van der Waals surface area contributed by atoms with Crippen molar-refractivity contribution in [3.05, 3.63) is 90.0 Å². The van der Waals surface area contributed by atoms with Crippen LogP contribution in [0.4, 0.5) is 5.69 Å². The second-order valence-corrected chi connectivity index (χ2v) is 6.90. The number of hydrazone groups is 1. The summed E-state index contributed by atoms with van der Waals surface area (Å²) in [5.41, 5.74) is 3.30. The molecule has 0 radical (unpaired) electrons. The molecule has 0 aliphatic carbocycles. The molecule has 140 valence electrons. The zero-order valence-corrected chi connectivity index (χ0v) is 15.8. The minimum Gasteiger partial charge on any atom is -0.508 e. The second kappa shape index (κ2) is 7.70. The first-order valence-electron chi connectivity index (χ1n) is 8.92. The van der Waals surface area contributed by atoms with Crippen LogP contribution in [0.2, 0.25) is 0 Å². The minimum absolute atomic E-state index is 0.140. The number of nitrogens with one attached hydrogen (secondary N) is 1. The van der Waals surface area contributed by atoms with Crippen LogP contribution in [0, 0.1) is 0 Å². The SMILES string of the molecule is Oc1ccc([C@@H]2CC(c3ccccc3O)=NN2C(=S)Nc2ccccc2)cc1. The summed E-state index contributed by atoms with van der Waals surface area (Å²) < 4.78 is 0. The number of hydrogen-bond acceptors (Lipinski definition) is 4. The van der Waals surface area contributed by atoms with E-state index in [1.807, 2.05) is 54.6 Å². The van der Waals surface area contributed by atoms with Gasteiger partial charge in [-0.15, -0.1) is 0 Å². The van der Waals surface area contributed by atoms with Gasteiger partial charge in [0.1, 0.15) is 11.5 Å². The maximum absolute atomic E-state index is 10.2. The van der Waals surface area contributed by atoms with Crippen molar-refractivity contribution in [2.75, 3.05) is 5.32 Å². The molecule has 1 aliphatic rings. The maximum Gasteiger partial charge on any atom is 0.194 e. The van der Waals surface area contributed by atoms with Gasteiger partial charge < -0.3 is 15.5 Å². The monoisotopic (exact) mass is 389 g/mol. The predicted molar refractivity (Wildman–Crippen MR) is 115 cm³/mol. The van der Waals surface area contributed by atoms with E-state index in [-0.39, 0.29) is 17.5 Å². The molecule has 3 N–H and O–H groups in total. The molecule has 0 bridgehead atoms. The summed E-state index contributed by atoms with van der Waals surface area (Å²) in [5.74, 6) is 0.398. The van der Waals surface area contributed by atoms with E-state index in [0.717, 1.165) is 17.0 Å². The summed E-state index contributed by atoms with van der Waals surface area (Å²) in [6.07, 6.45) is 0.582. The molecule has 1 heterocycles. The van der Waals surface area contributed by atoms with E-state index in [4.69, 9.17) is 17.3 Å². The Hall–Kier alpha value is -3.38. The van der Waals surface area contributed by atoms with Crippen molar-refractivity contribution in [3.63, 3.8) is 0 Å². The van der Waals surface area contributed by atoms with Crippen LogP contribution >= 0.6 is 12.2 Å². The maximum atomic E-state index is 10.2. The predicted octanol–water partition coefficient (Wildman–Crippen LogP) is 4.65. The third kappa shape index (κ3) is 3.68. The highest BCUT2D eigenvalue weighted by atomic mass is 32.1. The van der Waals surface area contributed by atoms with Crippen molar-refractivity contribution in [2.24, 2.45) is 5.10 Å². The lowest BCUT2D eigenvalue weighted by Crippen LogP contribution is -2.31. The van der Waals surface area contributed by atoms with Crippen molar-refractivity contribution in [1.82, 2.24) is 5.01 Å². The van der Waals surface area contributed by atoms with Crippen LogP contribution in [0.15, 0.2) is 84.0 Å². The highest BCUT2D eigenvalue weighted by Crippen LogP contribution is 2.35. The number of benzene rings is 3. The molecule has 3 aromatic carbocycles. The summed E-state index contributed by atoms with van der Waals surface area (Å²) in [6.45, 7) is 0. The first kappa shape index (κ1) is 18.0. The Morgan fingerprint density at radius 3 is 2.32 bits per heavy atom. The number of nitrogens with zero attached hydrogens (tertiary/aromatic N) is 2. The summed E-state index contributed by atoms with van der Waals surface area (Å²) in [4.78, 5) is 0. The lowest BCUT2D eigenvalue weighted by molar-refractivity contribution is 0.375. The molecule has 0 saturated carbocycles. The van der Waals surface area contributed by atoms with Gasteiger partial charge in [0.2, 0.25) is 0 Å². The quantitative estimate of drug-likeness (QED) is 0.569. The van der Waals surface area contributed by atoms with Crippen LogP contribution < -0.4 is 5.32 Å². The highest BCUT2D eigenvalue weighted by Gasteiger charge is 2.32. The smallest absolute Gasteiger partial charge is 0.194 e. The van der Waals surface area contributed by atoms with Crippen LogP contribution in [-0.2, 0) is 0 Å². The van der Waals surface area contributed by atoms with Gasteiger partial charge in [-0.1, -0.05) is 42.5 Å². The zero-order valence-electron chi connectivity index (χ0n) is 15.0. The number of rotatable bonds is 3. The first-order chi connectivity index (χ1) is 13.6. The summed E-state index contributed by atoms with van der Waals surface area (Å²) in [6, 6.07) is 23.7. The lowest BCUT2D eigenvalue weighted by atomic mass is 9.98. The Kier molecular flexibility index (Phi) is 4.95. The van der Waals surface area contributed by atoms with Gasteiger partial charge in [-0.3, -0.25) is 0 Å². The average Bonchev–Trinajstić information content (AvgIpc) is 3.15. The number of phenols is 2. The summed E-state index contributed by atoms with van der Waals surface area (Å²) in [7, 11) is 0. The van der Waals surface area contributed by atoms with E-state index < -0.39 is 0 Å². The van der Waals surface area contributed by atoms with E-state index >= 15 is 0 Å². The Labute approximate surface area is 168 Å². The Morgan fingerprint density at radius 2 is 1.61 bits per heavy atom. The molecule has 0 fully saturated rings. The highest BCUT2D eigenvalue weighted by molar-refractivity contribution is 7.80. The van der Waals surface area contributed by atoms with Crippen molar-refractivity contribution >= 4 is 28.7 Å². The van der Waals surface area contributed by atoms with Crippen molar-refractivity contribution in [3.8, 4) is 11.5 Å². The number of aromatic hydroxyl groups is 2. The molecular formula is C22H19N3O2S. The van der Waals surface area contributed by atoms with Crippen molar-refractivity contribution in [2.45, 2.75) is 12.5 Å². The Bertz CT molecular complexity index is 1020. The third-order valence-electron chi connectivity index (χ3n) is 4.64. The Morgan fingerprint density at radius 1 is 0.929 bits per heavy atom. The molecular weight excluding hydrogens is 370 g/mol. The van der Waals surface area contributed by atoms with Gasteiger partial charge in [-0.2, -0.15) is 5.10 Å². The molecule has 0 saturated heterocycles. The van der Waals surface area contributed by atoms with Crippen molar-refractivity contribution in [1.29, 1.82) is 0 Å². The molecule has 1 aliphatic heterocycles. The number of anilines is 1. The van der Waals surface area contributed by atoms with Gasteiger partial charge in [0.15, 0.2) is 5.11 Å². The Balaban J connectivity index is 1.68. The van der Waals surface area contributed by atoms with E-state index in [1.165, 1.54) is 0 Å². The fourth-order valence-corrected chi connectivity index (χ4v) is 3.52. The van der Waals surface area contributed by atoms with Gasteiger partial charge in [0.25, 0.3) is 0 Å². The molecule has 5 nitrogen and oxygen atoms in total.